The van der Waals surface area contributed by atoms with Crippen molar-refractivity contribution in [2.45, 2.75) is 13.8 Å². The third kappa shape index (κ3) is 3.63. The Kier molecular flexibility index (Phi) is 4.61. The summed E-state index contributed by atoms with van der Waals surface area (Å²) in [5.74, 6) is 0.982. The Labute approximate surface area is 140 Å². The van der Waals surface area contributed by atoms with E-state index in [1.807, 2.05) is 44.2 Å². The average molecular weight is 320 g/mol. The Morgan fingerprint density at radius 3 is 2.54 bits per heavy atom. The number of hydrogen-bond acceptors (Lipinski definition) is 4. The molecule has 0 unspecified atom stereocenters. The van der Waals surface area contributed by atoms with E-state index < -0.39 is 0 Å². The lowest BCUT2D eigenvalue weighted by Gasteiger charge is -2.09. The van der Waals surface area contributed by atoms with Crippen molar-refractivity contribution in [3.05, 3.63) is 77.2 Å². The third-order valence-corrected chi connectivity index (χ3v) is 3.65. The van der Waals surface area contributed by atoms with Crippen molar-refractivity contribution in [2.75, 3.05) is 5.43 Å². The summed E-state index contributed by atoms with van der Waals surface area (Å²) in [4.78, 5) is 9.07. The van der Waals surface area contributed by atoms with Gasteiger partial charge in [-0.2, -0.15) is 5.10 Å². The number of aromatic nitrogens is 2. The zero-order valence-electron chi connectivity index (χ0n) is 13.5. The lowest BCUT2D eigenvalue weighted by atomic mass is 10.2. The summed E-state index contributed by atoms with van der Waals surface area (Å²) in [6.07, 6.45) is 1.56. The van der Waals surface area contributed by atoms with Gasteiger partial charge in [0.15, 0.2) is 11.6 Å². The maximum atomic E-state index is 13.2. The van der Waals surface area contributed by atoms with Crippen molar-refractivity contribution in [3.63, 3.8) is 0 Å². The van der Waals surface area contributed by atoms with E-state index in [1.54, 1.807) is 18.3 Å². The van der Waals surface area contributed by atoms with Crippen LogP contribution < -0.4 is 5.43 Å². The highest BCUT2D eigenvalue weighted by Gasteiger charge is 2.08. The summed E-state index contributed by atoms with van der Waals surface area (Å²) in [6, 6.07) is 16.0. The molecule has 0 aliphatic rings. The molecule has 0 spiro atoms. The van der Waals surface area contributed by atoms with Gasteiger partial charge in [0.1, 0.15) is 5.82 Å². The topological polar surface area (TPSA) is 50.2 Å². The van der Waals surface area contributed by atoms with Gasteiger partial charge in [0.05, 0.1) is 6.21 Å². The van der Waals surface area contributed by atoms with Crippen molar-refractivity contribution in [1.82, 2.24) is 9.97 Å². The van der Waals surface area contributed by atoms with Crippen molar-refractivity contribution in [2.24, 2.45) is 5.10 Å². The molecule has 4 nitrogen and oxygen atoms in total. The Bertz CT molecular complexity index is 876. The molecule has 0 saturated heterocycles. The molecule has 0 aliphatic heterocycles. The normalized spacial score (nSPS) is 11.0. The van der Waals surface area contributed by atoms with Crippen LogP contribution in [0.5, 0.6) is 0 Å². The van der Waals surface area contributed by atoms with Crippen LogP contribution in [-0.4, -0.2) is 16.2 Å². The van der Waals surface area contributed by atoms with Crippen LogP contribution >= 0.6 is 0 Å². The number of nitrogens with one attached hydrogen (secondary N) is 1. The van der Waals surface area contributed by atoms with E-state index >= 15 is 0 Å². The molecule has 0 saturated carbocycles. The number of nitrogens with zero attached hydrogens (tertiary/aromatic N) is 3. The number of aryl methyl sites for hydroxylation is 1. The largest absolute Gasteiger partial charge is 0.261 e. The SMILES string of the molecule is Cc1nc(-c2ccccc2)nc(N/N=C\c2cccc(F)c2)c1C. The van der Waals surface area contributed by atoms with Crippen molar-refractivity contribution in [3.8, 4) is 11.4 Å². The number of benzene rings is 2. The summed E-state index contributed by atoms with van der Waals surface area (Å²) >= 11 is 0. The van der Waals surface area contributed by atoms with Crippen LogP contribution in [-0.2, 0) is 0 Å². The van der Waals surface area contributed by atoms with Gasteiger partial charge in [-0.25, -0.2) is 14.4 Å². The molecule has 24 heavy (non-hydrogen) atoms. The van der Waals surface area contributed by atoms with Gasteiger partial charge in [-0.1, -0.05) is 42.5 Å². The maximum Gasteiger partial charge on any atom is 0.161 e. The zero-order chi connectivity index (χ0) is 16.9. The van der Waals surface area contributed by atoms with Gasteiger partial charge >= 0.3 is 0 Å². The third-order valence-electron chi connectivity index (χ3n) is 3.65. The first-order valence-corrected chi connectivity index (χ1v) is 7.59. The van der Waals surface area contributed by atoms with Crippen LogP contribution in [0.15, 0.2) is 59.7 Å². The minimum atomic E-state index is -0.292. The first-order chi connectivity index (χ1) is 11.6. The number of anilines is 1. The second-order valence-corrected chi connectivity index (χ2v) is 5.40. The molecule has 3 aromatic rings. The molecule has 5 heteroatoms. The van der Waals surface area contributed by atoms with Crippen molar-refractivity contribution >= 4 is 12.0 Å². The molecule has 2 aromatic carbocycles. The summed E-state index contributed by atoms with van der Waals surface area (Å²) in [7, 11) is 0. The Morgan fingerprint density at radius 2 is 1.79 bits per heavy atom. The molecule has 0 radical (unpaired) electrons. The summed E-state index contributed by atoms with van der Waals surface area (Å²) in [5, 5.41) is 4.16. The van der Waals surface area contributed by atoms with Crippen LogP contribution in [0.25, 0.3) is 11.4 Å². The van der Waals surface area contributed by atoms with Crippen LogP contribution in [0.4, 0.5) is 10.2 Å². The van der Waals surface area contributed by atoms with E-state index in [1.165, 1.54) is 12.1 Å². The summed E-state index contributed by atoms with van der Waals surface area (Å²) in [6.45, 7) is 3.87. The van der Waals surface area contributed by atoms with Gasteiger partial charge in [-0.3, -0.25) is 5.43 Å². The van der Waals surface area contributed by atoms with Crippen molar-refractivity contribution in [1.29, 1.82) is 0 Å². The van der Waals surface area contributed by atoms with Gasteiger partial charge in [0, 0.05) is 16.8 Å². The first-order valence-electron chi connectivity index (χ1n) is 7.59. The molecule has 3 rings (SSSR count). The molecule has 0 aliphatic carbocycles. The zero-order valence-corrected chi connectivity index (χ0v) is 13.5. The predicted octanol–water partition coefficient (Wildman–Crippen LogP) is 4.35. The molecular formula is C19H17FN4. The molecule has 0 atom stereocenters. The van der Waals surface area contributed by atoms with Gasteiger partial charge in [0.25, 0.3) is 0 Å². The van der Waals surface area contributed by atoms with Gasteiger partial charge in [-0.05, 0) is 31.5 Å². The summed E-state index contributed by atoms with van der Waals surface area (Å²) in [5.41, 5.74) is 6.35. The van der Waals surface area contributed by atoms with Crippen molar-refractivity contribution < 1.29 is 4.39 Å². The minimum absolute atomic E-state index is 0.292. The van der Waals surface area contributed by atoms with E-state index in [0.29, 0.717) is 17.2 Å². The fourth-order valence-electron chi connectivity index (χ4n) is 2.21. The monoisotopic (exact) mass is 320 g/mol. The number of hydrogen-bond donors (Lipinski definition) is 1. The molecule has 0 bridgehead atoms. The lowest BCUT2D eigenvalue weighted by molar-refractivity contribution is 0.627. The van der Waals surface area contributed by atoms with E-state index in [2.05, 4.69) is 20.5 Å². The van der Waals surface area contributed by atoms with Crippen LogP contribution in [0.2, 0.25) is 0 Å². The molecule has 120 valence electrons. The number of rotatable bonds is 4. The standard InChI is InChI=1S/C19H17FN4/c1-13-14(2)22-19(16-8-4-3-5-9-16)23-18(13)24-21-12-15-7-6-10-17(20)11-15/h3-12H,1-2H3,(H,22,23,24)/b21-12-. The van der Waals surface area contributed by atoms with E-state index in [-0.39, 0.29) is 5.82 Å². The predicted molar refractivity (Wildman–Crippen MR) is 94.6 cm³/mol. The number of halogens is 1. The van der Waals surface area contributed by atoms with Gasteiger partial charge in [0.2, 0.25) is 0 Å². The highest BCUT2D eigenvalue weighted by Crippen LogP contribution is 2.21. The smallest absolute Gasteiger partial charge is 0.161 e. The fourth-order valence-corrected chi connectivity index (χ4v) is 2.21. The van der Waals surface area contributed by atoms with Crippen LogP contribution in [0, 0.1) is 19.7 Å². The summed E-state index contributed by atoms with van der Waals surface area (Å²) < 4.78 is 13.2. The second kappa shape index (κ2) is 7.00. The van der Waals surface area contributed by atoms with Gasteiger partial charge in [-0.15, -0.1) is 0 Å². The van der Waals surface area contributed by atoms with Crippen LogP contribution in [0.1, 0.15) is 16.8 Å². The molecule has 1 N–H and O–H groups in total. The Morgan fingerprint density at radius 1 is 1.00 bits per heavy atom. The van der Waals surface area contributed by atoms with E-state index in [0.717, 1.165) is 16.8 Å². The maximum absolute atomic E-state index is 13.2. The molecular weight excluding hydrogens is 303 g/mol. The van der Waals surface area contributed by atoms with E-state index in [4.69, 9.17) is 0 Å². The lowest BCUT2D eigenvalue weighted by Crippen LogP contribution is -2.03. The van der Waals surface area contributed by atoms with E-state index in [9.17, 15) is 4.39 Å². The fraction of sp³-hybridized carbons (Fsp3) is 0.105. The first kappa shape index (κ1) is 15.8. The average Bonchev–Trinajstić information content (AvgIpc) is 2.59. The Hall–Kier alpha value is -3.08. The number of hydrazone groups is 1. The minimum Gasteiger partial charge on any atom is -0.261 e. The van der Waals surface area contributed by atoms with Crippen LogP contribution in [0.3, 0.4) is 0 Å². The highest BCUT2D eigenvalue weighted by molar-refractivity contribution is 5.80. The highest BCUT2D eigenvalue weighted by atomic mass is 19.1. The molecule has 1 aromatic heterocycles. The molecule has 1 heterocycles. The quantitative estimate of drug-likeness (QED) is 0.574. The molecule has 0 amide bonds. The second-order valence-electron chi connectivity index (χ2n) is 5.40. The Balaban J connectivity index is 1.86. The molecule has 0 fully saturated rings. The van der Waals surface area contributed by atoms with Gasteiger partial charge < -0.3 is 0 Å².